The van der Waals surface area contributed by atoms with Crippen molar-refractivity contribution in [1.82, 2.24) is 4.98 Å². The summed E-state index contributed by atoms with van der Waals surface area (Å²) in [6.07, 6.45) is 1.75. The molecule has 0 aliphatic rings. The van der Waals surface area contributed by atoms with Crippen molar-refractivity contribution in [2.24, 2.45) is 0 Å². The molecule has 0 saturated carbocycles. The molecule has 0 aliphatic heterocycles. The maximum Gasteiger partial charge on any atom is 0.153 e. The van der Waals surface area contributed by atoms with E-state index in [-0.39, 0.29) is 0 Å². The van der Waals surface area contributed by atoms with Crippen molar-refractivity contribution in [2.45, 2.75) is 19.8 Å². The summed E-state index contributed by atoms with van der Waals surface area (Å²) in [4.78, 5) is 4.41. The van der Waals surface area contributed by atoms with E-state index in [0.717, 1.165) is 22.4 Å². The van der Waals surface area contributed by atoms with Crippen LogP contribution in [0.15, 0.2) is 54.7 Å². The molecule has 0 saturated heterocycles. The van der Waals surface area contributed by atoms with Crippen molar-refractivity contribution >= 4 is 16.6 Å². The molecule has 0 aliphatic carbocycles. The lowest BCUT2D eigenvalue weighted by Crippen LogP contribution is -1.96. The van der Waals surface area contributed by atoms with Crippen molar-refractivity contribution < 1.29 is 4.74 Å². The molecule has 3 heteroatoms. The Labute approximate surface area is 124 Å². The van der Waals surface area contributed by atoms with Crippen LogP contribution in [-0.2, 0) is 0 Å². The van der Waals surface area contributed by atoms with Crippen LogP contribution in [0.25, 0.3) is 10.9 Å². The zero-order valence-electron chi connectivity index (χ0n) is 12.2. The van der Waals surface area contributed by atoms with Crippen molar-refractivity contribution in [1.29, 1.82) is 0 Å². The minimum absolute atomic E-state index is 0.397. The minimum Gasteiger partial charge on any atom is -0.455 e. The molecule has 3 aromatic rings. The number of ether oxygens (including phenoxy) is 1. The number of nitrogens with zero attached hydrogens (tertiary/aromatic N) is 1. The number of pyridine rings is 1. The summed E-state index contributed by atoms with van der Waals surface area (Å²) in [5, 5.41) is 0.914. The molecule has 0 amide bonds. The fraction of sp³-hybridized carbons (Fsp3) is 0.167. The number of nitrogen functional groups attached to an aromatic ring is 1. The van der Waals surface area contributed by atoms with Crippen LogP contribution >= 0.6 is 0 Å². The van der Waals surface area contributed by atoms with Crippen molar-refractivity contribution in [2.75, 3.05) is 5.73 Å². The summed E-state index contributed by atoms with van der Waals surface area (Å²) >= 11 is 0. The Morgan fingerprint density at radius 2 is 1.76 bits per heavy atom. The summed E-state index contributed by atoms with van der Waals surface area (Å²) in [5.41, 5.74) is 8.68. The van der Waals surface area contributed by atoms with Gasteiger partial charge in [-0.05, 0) is 41.8 Å². The van der Waals surface area contributed by atoms with Gasteiger partial charge >= 0.3 is 0 Å². The first-order chi connectivity index (χ1) is 10.2. The molecule has 1 heterocycles. The molecule has 0 atom stereocenters. The summed E-state index contributed by atoms with van der Waals surface area (Å²) in [5.74, 6) is 1.99. The Morgan fingerprint density at radius 1 is 0.952 bits per heavy atom. The van der Waals surface area contributed by atoms with Crippen molar-refractivity contribution in [3.8, 4) is 11.5 Å². The molecular formula is C18H18N2O. The molecule has 0 spiro atoms. The van der Waals surface area contributed by atoms with Crippen LogP contribution in [0.4, 0.5) is 5.69 Å². The van der Waals surface area contributed by atoms with E-state index < -0.39 is 0 Å². The summed E-state index contributed by atoms with van der Waals surface area (Å²) in [7, 11) is 0. The largest absolute Gasteiger partial charge is 0.455 e. The Hall–Kier alpha value is -2.55. The van der Waals surface area contributed by atoms with Gasteiger partial charge in [-0.2, -0.15) is 0 Å². The highest BCUT2D eigenvalue weighted by Gasteiger charge is 2.11. The molecule has 3 nitrogen and oxygen atoms in total. The fourth-order valence-corrected chi connectivity index (χ4v) is 2.42. The SMILES string of the molecule is CC(C)c1ccccc1Oc1ccc(N)c2cccnc12. The van der Waals surface area contributed by atoms with Crippen LogP contribution < -0.4 is 10.5 Å². The number of anilines is 1. The number of nitrogens with two attached hydrogens (primary N) is 1. The highest BCUT2D eigenvalue weighted by molar-refractivity contribution is 5.94. The van der Waals surface area contributed by atoms with Gasteiger partial charge in [0.25, 0.3) is 0 Å². The third-order valence-electron chi connectivity index (χ3n) is 3.53. The lowest BCUT2D eigenvalue weighted by molar-refractivity contribution is 0.477. The molecule has 0 bridgehead atoms. The van der Waals surface area contributed by atoms with Crippen LogP contribution in [0.3, 0.4) is 0 Å². The van der Waals surface area contributed by atoms with E-state index in [4.69, 9.17) is 10.5 Å². The van der Waals surface area contributed by atoms with Crippen molar-refractivity contribution in [3.05, 3.63) is 60.3 Å². The van der Waals surface area contributed by atoms with E-state index >= 15 is 0 Å². The number of benzene rings is 2. The van der Waals surface area contributed by atoms with Gasteiger partial charge in [-0.3, -0.25) is 4.98 Å². The summed E-state index contributed by atoms with van der Waals surface area (Å²) in [6.45, 7) is 4.31. The molecule has 1 aromatic heterocycles. The van der Waals surface area contributed by atoms with Gasteiger partial charge in [0.1, 0.15) is 11.3 Å². The Morgan fingerprint density at radius 3 is 2.57 bits per heavy atom. The van der Waals surface area contributed by atoms with E-state index in [1.807, 2.05) is 42.5 Å². The van der Waals surface area contributed by atoms with Crippen LogP contribution in [0.1, 0.15) is 25.3 Å². The first-order valence-electron chi connectivity index (χ1n) is 7.07. The lowest BCUT2D eigenvalue weighted by Gasteiger charge is -2.15. The third-order valence-corrected chi connectivity index (χ3v) is 3.53. The molecule has 2 aromatic carbocycles. The van der Waals surface area contributed by atoms with Gasteiger partial charge in [0.15, 0.2) is 5.75 Å². The number of hydrogen-bond acceptors (Lipinski definition) is 3. The van der Waals surface area contributed by atoms with Crippen LogP contribution in [0, 0.1) is 0 Å². The monoisotopic (exact) mass is 278 g/mol. The van der Waals surface area contributed by atoms with Gasteiger partial charge in [0.2, 0.25) is 0 Å². The average molecular weight is 278 g/mol. The highest BCUT2D eigenvalue weighted by atomic mass is 16.5. The van der Waals surface area contributed by atoms with Crippen LogP contribution in [0.2, 0.25) is 0 Å². The number of fused-ring (bicyclic) bond motifs is 1. The second-order valence-corrected chi connectivity index (χ2v) is 5.35. The quantitative estimate of drug-likeness (QED) is 0.704. The van der Waals surface area contributed by atoms with E-state index in [9.17, 15) is 0 Å². The minimum atomic E-state index is 0.397. The van der Waals surface area contributed by atoms with E-state index in [0.29, 0.717) is 11.6 Å². The number of para-hydroxylation sites is 1. The standard InChI is InChI=1S/C18H18N2O/c1-12(2)13-6-3-4-8-16(13)21-17-10-9-15(19)14-7-5-11-20-18(14)17/h3-12H,19H2,1-2H3. The molecule has 0 unspecified atom stereocenters. The van der Waals surface area contributed by atoms with Crippen LogP contribution in [0.5, 0.6) is 11.5 Å². The second kappa shape index (κ2) is 5.44. The second-order valence-electron chi connectivity index (χ2n) is 5.35. The maximum absolute atomic E-state index is 6.12. The van der Waals surface area contributed by atoms with Gasteiger partial charge in [0, 0.05) is 17.3 Å². The zero-order valence-corrected chi connectivity index (χ0v) is 12.2. The molecule has 106 valence electrons. The third kappa shape index (κ3) is 2.55. The van der Waals surface area contributed by atoms with Gasteiger partial charge in [-0.25, -0.2) is 0 Å². The fourth-order valence-electron chi connectivity index (χ4n) is 2.42. The van der Waals surface area contributed by atoms with Gasteiger partial charge in [0.05, 0.1) is 0 Å². The van der Waals surface area contributed by atoms with E-state index in [1.54, 1.807) is 6.20 Å². The lowest BCUT2D eigenvalue weighted by atomic mass is 10.0. The number of aromatic nitrogens is 1. The van der Waals surface area contributed by atoms with Gasteiger partial charge in [-0.15, -0.1) is 0 Å². The first-order valence-corrected chi connectivity index (χ1v) is 7.07. The van der Waals surface area contributed by atoms with Gasteiger partial charge in [-0.1, -0.05) is 32.0 Å². The van der Waals surface area contributed by atoms with E-state index in [1.165, 1.54) is 5.56 Å². The number of rotatable bonds is 3. The normalized spacial score (nSPS) is 11.0. The average Bonchev–Trinajstić information content (AvgIpc) is 2.51. The number of hydrogen-bond donors (Lipinski definition) is 1. The van der Waals surface area contributed by atoms with Gasteiger partial charge < -0.3 is 10.5 Å². The highest BCUT2D eigenvalue weighted by Crippen LogP contribution is 2.34. The van der Waals surface area contributed by atoms with Crippen molar-refractivity contribution in [3.63, 3.8) is 0 Å². The topological polar surface area (TPSA) is 48.1 Å². The van der Waals surface area contributed by atoms with E-state index in [2.05, 4.69) is 24.9 Å². The smallest absolute Gasteiger partial charge is 0.153 e. The Bertz CT molecular complexity index is 781. The predicted octanol–water partition coefficient (Wildman–Crippen LogP) is 4.73. The summed E-state index contributed by atoms with van der Waals surface area (Å²) in [6, 6.07) is 15.7. The van der Waals surface area contributed by atoms with Crippen LogP contribution in [-0.4, -0.2) is 4.98 Å². The maximum atomic E-state index is 6.12. The zero-order chi connectivity index (χ0) is 14.8. The molecule has 0 radical (unpaired) electrons. The Balaban J connectivity index is 2.09. The molecule has 3 rings (SSSR count). The molecule has 0 fully saturated rings. The molecular weight excluding hydrogens is 260 g/mol. The molecule has 2 N–H and O–H groups in total. The Kier molecular flexibility index (Phi) is 3.48. The molecule has 21 heavy (non-hydrogen) atoms. The predicted molar refractivity (Wildman–Crippen MR) is 86.8 cm³/mol. The first kappa shape index (κ1) is 13.4. The summed E-state index contributed by atoms with van der Waals surface area (Å²) < 4.78 is 6.12.